The monoisotopic (exact) mass is 153 g/mol. The molecule has 9 heavy (non-hydrogen) atoms. The van der Waals surface area contributed by atoms with Gasteiger partial charge in [0.2, 0.25) is 0 Å². The van der Waals surface area contributed by atoms with Crippen LogP contribution in [0.3, 0.4) is 0 Å². The predicted molar refractivity (Wildman–Crippen MR) is 47.0 cm³/mol. The number of rotatable bonds is 3. The summed E-state index contributed by atoms with van der Waals surface area (Å²) >= 11 is 0. The van der Waals surface area contributed by atoms with Crippen LogP contribution in [0.2, 0.25) is 0 Å². The maximum absolute atomic E-state index is 2.47. The summed E-state index contributed by atoms with van der Waals surface area (Å²) in [5, 5.41) is 0. The van der Waals surface area contributed by atoms with Gasteiger partial charge in [0, 0.05) is 13.9 Å². The normalized spacial score (nSPS) is 10.7. The molecule has 0 nitrogen and oxygen atoms in total. The summed E-state index contributed by atoms with van der Waals surface area (Å²) in [6.45, 7) is 9.43. The Bertz CT molecular complexity index is 51.7. The van der Waals surface area contributed by atoms with Gasteiger partial charge in [-0.05, 0) is 20.8 Å². The number of hydrogen-bond donors (Lipinski definition) is 0. The van der Waals surface area contributed by atoms with Gasteiger partial charge in [-0.2, -0.15) is 0 Å². The zero-order valence-corrected chi connectivity index (χ0v) is 7.87. The van der Waals surface area contributed by atoms with E-state index in [2.05, 4.69) is 27.4 Å². The number of hydrogen-bond acceptors (Lipinski definition) is 0. The topological polar surface area (TPSA) is 0 Å². The molecule has 0 amide bonds. The van der Waals surface area contributed by atoms with E-state index in [0.29, 0.717) is 0 Å². The summed E-state index contributed by atoms with van der Waals surface area (Å²) in [5.41, 5.74) is 0. The Morgan fingerprint density at radius 1 is 0.889 bits per heavy atom. The lowest BCUT2D eigenvalue weighted by molar-refractivity contribution is 1.11. The smallest absolute Gasteiger partial charge is 0.0563 e. The molecule has 0 unspecified atom stereocenters. The van der Waals surface area contributed by atoms with E-state index in [1.807, 2.05) is 0 Å². The van der Waals surface area contributed by atoms with Crippen molar-refractivity contribution in [2.45, 2.75) is 20.8 Å². The Balaban J connectivity index is 0. The van der Waals surface area contributed by atoms with Gasteiger partial charge in [0.1, 0.15) is 0 Å². The van der Waals surface area contributed by atoms with Crippen molar-refractivity contribution in [3.63, 3.8) is 0 Å². The largest absolute Gasteiger partial charge is 0.269 e. The van der Waals surface area contributed by atoms with E-state index in [1.165, 1.54) is 18.5 Å². The van der Waals surface area contributed by atoms with Crippen LogP contribution in [-0.4, -0.2) is 25.2 Å². The van der Waals surface area contributed by atoms with E-state index in [9.17, 15) is 0 Å². The van der Waals surface area contributed by atoms with Crippen molar-refractivity contribution in [3.05, 3.63) is 0 Å². The average Bonchev–Trinajstić information content (AvgIpc) is 1.87. The van der Waals surface area contributed by atoms with Crippen LogP contribution in [0.4, 0.5) is 4.70 Å². The lowest BCUT2D eigenvalue weighted by Crippen LogP contribution is -1.98. The van der Waals surface area contributed by atoms with E-state index in [4.69, 9.17) is 0 Å². The molecular weight excluding hydrogens is 134 g/mol. The van der Waals surface area contributed by atoms with E-state index < -0.39 is 7.26 Å². The quantitative estimate of drug-likeness (QED) is 0.547. The molecule has 0 N–H and O–H groups in total. The number of halogens is 1. The minimum absolute atomic E-state index is 0. The van der Waals surface area contributed by atoms with Gasteiger partial charge in [0.05, 0.1) is 18.5 Å². The van der Waals surface area contributed by atoms with E-state index >= 15 is 0 Å². The Morgan fingerprint density at radius 2 is 1.11 bits per heavy atom. The fourth-order valence-electron chi connectivity index (χ4n) is 0.671. The molecule has 0 aromatic carbocycles. The highest BCUT2D eigenvalue weighted by Crippen LogP contribution is 2.53. The van der Waals surface area contributed by atoms with Gasteiger partial charge < -0.3 is 0 Å². The highest BCUT2D eigenvalue weighted by molar-refractivity contribution is 7.75. The molecular formula is C7H19FP+. The first-order valence-electron chi connectivity index (χ1n) is 3.52. The van der Waals surface area contributed by atoms with Gasteiger partial charge in [0.25, 0.3) is 0 Å². The summed E-state index contributed by atoms with van der Waals surface area (Å²) in [6, 6.07) is 0. The molecule has 0 saturated carbocycles. The highest BCUT2D eigenvalue weighted by Gasteiger charge is 2.22. The molecule has 0 saturated heterocycles. The van der Waals surface area contributed by atoms with Crippen LogP contribution in [0.15, 0.2) is 0 Å². The summed E-state index contributed by atoms with van der Waals surface area (Å²) in [5.74, 6) is 0. The Kier molecular flexibility index (Phi) is 6.94. The molecule has 0 aliphatic rings. The van der Waals surface area contributed by atoms with Crippen LogP contribution < -0.4 is 0 Å². The van der Waals surface area contributed by atoms with Crippen LogP contribution >= 0.6 is 7.26 Å². The van der Waals surface area contributed by atoms with Crippen molar-refractivity contribution < 1.29 is 4.70 Å². The van der Waals surface area contributed by atoms with E-state index in [0.717, 1.165) is 0 Å². The first-order chi connectivity index (χ1) is 3.68. The van der Waals surface area contributed by atoms with Crippen molar-refractivity contribution in [2.24, 2.45) is 0 Å². The fraction of sp³-hybridized carbons (Fsp3) is 1.00. The SMILES string of the molecule is CC[P+](C)(CC)CC.F. The highest BCUT2D eigenvalue weighted by atomic mass is 31.2. The van der Waals surface area contributed by atoms with Crippen molar-refractivity contribution in [1.82, 2.24) is 0 Å². The molecule has 0 atom stereocenters. The van der Waals surface area contributed by atoms with Gasteiger partial charge in [-0.1, -0.05) is 0 Å². The van der Waals surface area contributed by atoms with Gasteiger partial charge >= 0.3 is 0 Å². The standard InChI is InChI=1S/C7H18P.FH/c1-5-8(4,6-2)7-3;/h5-7H2,1-4H3;1H/q+1;. The lowest BCUT2D eigenvalue weighted by Gasteiger charge is -2.16. The van der Waals surface area contributed by atoms with Crippen molar-refractivity contribution in [1.29, 1.82) is 0 Å². The van der Waals surface area contributed by atoms with Crippen LogP contribution in [0.5, 0.6) is 0 Å². The minimum atomic E-state index is -0.412. The second-order valence-electron chi connectivity index (χ2n) is 2.57. The first kappa shape index (κ1) is 12.1. The third-order valence-corrected chi connectivity index (χ3v) is 6.87. The molecule has 2 heteroatoms. The van der Waals surface area contributed by atoms with Gasteiger partial charge in [-0.15, -0.1) is 0 Å². The van der Waals surface area contributed by atoms with E-state index in [1.54, 1.807) is 0 Å². The van der Waals surface area contributed by atoms with Gasteiger partial charge in [-0.25, -0.2) is 0 Å². The second kappa shape index (κ2) is 5.17. The molecule has 0 spiro atoms. The Labute approximate surface area is 58.7 Å². The molecule has 0 aromatic heterocycles. The fourth-order valence-corrected chi connectivity index (χ4v) is 2.01. The maximum Gasteiger partial charge on any atom is 0.0563 e. The summed E-state index contributed by atoms with van der Waals surface area (Å²) in [6.07, 6.45) is 4.29. The zero-order chi connectivity index (χ0) is 6.62. The molecule has 0 aliphatic carbocycles. The van der Waals surface area contributed by atoms with Crippen LogP contribution in [-0.2, 0) is 0 Å². The molecule has 0 heterocycles. The molecule has 0 fully saturated rings. The third-order valence-electron chi connectivity index (χ3n) is 2.29. The molecule has 0 bridgehead atoms. The minimum Gasteiger partial charge on any atom is -0.269 e. The second-order valence-corrected chi connectivity index (χ2v) is 7.70. The molecule has 0 rings (SSSR count). The maximum atomic E-state index is 2.47. The Morgan fingerprint density at radius 3 is 1.11 bits per heavy atom. The predicted octanol–water partition coefficient (Wildman–Crippen LogP) is 2.85. The molecule has 58 valence electrons. The van der Waals surface area contributed by atoms with Crippen molar-refractivity contribution in [3.8, 4) is 0 Å². The van der Waals surface area contributed by atoms with Crippen LogP contribution in [0.25, 0.3) is 0 Å². The third kappa shape index (κ3) is 3.86. The van der Waals surface area contributed by atoms with Crippen LogP contribution in [0.1, 0.15) is 20.8 Å². The molecule has 0 aliphatic heterocycles. The van der Waals surface area contributed by atoms with Crippen molar-refractivity contribution >= 4 is 7.26 Å². The van der Waals surface area contributed by atoms with Crippen LogP contribution in [0, 0.1) is 0 Å². The van der Waals surface area contributed by atoms with E-state index in [-0.39, 0.29) is 4.70 Å². The van der Waals surface area contributed by atoms with Gasteiger partial charge in [0.15, 0.2) is 0 Å². The first-order valence-corrected chi connectivity index (χ1v) is 6.31. The summed E-state index contributed by atoms with van der Waals surface area (Å²) in [4.78, 5) is 0. The average molecular weight is 153 g/mol. The summed E-state index contributed by atoms with van der Waals surface area (Å²) < 4.78 is 0. The zero-order valence-electron chi connectivity index (χ0n) is 6.98. The van der Waals surface area contributed by atoms with Gasteiger partial charge in [-0.3, -0.25) is 4.70 Å². The Hall–Kier alpha value is 0.360. The molecule has 0 radical (unpaired) electrons. The molecule has 0 aromatic rings. The summed E-state index contributed by atoms with van der Waals surface area (Å²) in [7, 11) is -0.412. The lowest BCUT2D eigenvalue weighted by atomic mass is 10.9. The van der Waals surface area contributed by atoms with Crippen molar-refractivity contribution in [2.75, 3.05) is 25.2 Å².